The SMILES string of the molecule is CC/C=C/C/C=C/C/C=C/C/C=C/CCCCCCCCCCCCC(=O)OC(COCCC(C(=O)O)[N+](C)(C)C)COC(=O)CCCCCCC/C=C/C=C/CCCCCCCCC. The summed E-state index contributed by atoms with van der Waals surface area (Å²) >= 11 is 0. The number of ether oxygens (including phenoxy) is 3. The molecule has 0 amide bonds. The van der Waals surface area contributed by atoms with E-state index in [-0.39, 0.29) is 36.2 Å². The van der Waals surface area contributed by atoms with Crippen LogP contribution in [-0.2, 0) is 28.6 Å². The number of allylic oxidation sites excluding steroid dienone is 12. The van der Waals surface area contributed by atoms with Gasteiger partial charge in [0.2, 0.25) is 0 Å². The van der Waals surface area contributed by atoms with Crippen molar-refractivity contribution in [2.24, 2.45) is 0 Å². The molecule has 1 N–H and O–H groups in total. The van der Waals surface area contributed by atoms with Gasteiger partial charge in [0.25, 0.3) is 0 Å². The van der Waals surface area contributed by atoms with Crippen molar-refractivity contribution < 1.29 is 38.2 Å². The maximum Gasteiger partial charge on any atom is 0.362 e. The van der Waals surface area contributed by atoms with Crippen LogP contribution in [0, 0.1) is 0 Å². The summed E-state index contributed by atoms with van der Waals surface area (Å²) in [5, 5.41) is 9.66. The fourth-order valence-electron chi connectivity index (χ4n) is 7.54. The second kappa shape index (κ2) is 47.3. The highest BCUT2D eigenvalue weighted by molar-refractivity contribution is 5.72. The Balaban J connectivity index is 4.26. The van der Waals surface area contributed by atoms with Crippen molar-refractivity contribution >= 4 is 17.9 Å². The van der Waals surface area contributed by atoms with E-state index < -0.39 is 18.1 Å². The van der Waals surface area contributed by atoms with Crippen molar-refractivity contribution in [2.45, 2.75) is 231 Å². The molecular weight excluding hydrogens is 811 g/mol. The van der Waals surface area contributed by atoms with E-state index in [0.717, 1.165) is 83.5 Å². The lowest BCUT2D eigenvalue weighted by Crippen LogP contribution is -2.50. The zero-order valence-corrected chi connectivity index (χ0v) is 42.7. The van der Waals surface area contributed by atoms with Gasteiger partial charge < -0.3 is 23.8 Å². The molecule has 0 saturated heterocycles. The number of nitrogens with zero attached hydrogens (tertiary/aromatic N) is 1. The Hall–Kier alpha value is -3.23. The van der Waals surface area contributed by atoms with E-state index in [2.05, 4.69) is 86.8 Å². The zero-order valence-electron chi connectivity index (χ0n) is 42.7. The summed E-state index contributed by atoms with van der Waals surface area (Å²) in [4.78, 5) is 37.2. The fourth-order valence-corrected chi connectivity index (χ4v) is 7.54. The molecule has 0 aliphatic rings. The number of hydrogen-bond donors (Lipinski definition) is 1. The number of rotatable bonds is 47. The number of unbranched alkanes of at least 4 members (excludes halogenated alkanes) is 22. The first-order chi connectivity index (χ1) is 31.6. The third-order valence-corrected chi connectivity index (χ3v) is 11.6. The molecule has 0 aromatic heterocycles. The molecule has 0 aliphatic carbocycles. The Labute approximate surface area is 400 Å². The van der Waals surface area contributed by atoms with Gasteiger partial charge in [-0.2, -0.15) is 0 Å². The fraction of sp³-hybridized carbons (Fsp3) is 0.737. The molecule has 2 unspecified atom stereocenters. The van der Waals surface area contributed by atoms with Crippen LogP contribution < -0.4 is 0 Å². The molecule has 8 heteroatoms. The van der Waals surface area contributed by atoms with Gasteiger partial charge in [-0.05, 0) is 77.0 Å². The molecule has 0 fully saturated rings. The van der Waals surface area contributed by atoms with Crippen molar-refractivity contribution in [3.8, 4) is 0 Å². The Morgan fingerprint density at radius 1 is 0.492 bits per heavy atom. The Bertz CT molecular complexity index is 1290. The highest BCUT2D eigenvalue weighted by Crippen LogP contribution is 2.15. The highest BCUT2D eigenvalue weighted by atomic mass is 16.6. The topological polar surface area (TPSA) is 99.1 Å². The maximum atomic E-state index is 12.8. The summed E-state index contributed by atoms with van der Waals surface area (Å²) in [6.45, 7) is 4.61. The van der Waals surface area contributed by atoms with Crippen LogP contribution in [0.2, 0.25) is 0 Å². The molecule has 0 rings (SSSR count). The summed E-state index contributed by atoms with van der Waals surface area (Å²) in [5.41, 5.74) is 0. The average Bonchev–Trinajstić information content (AvgIpc) is 3.27. The second-order valence-corrected chi connectivity index (χ2v) is 18.8. The maximum absolute atomic E-state index is 12.8. The standard InChI is InChI=1S/C57H99NO7/c1-6-8-10-12-14-16-18-20-22-24-26-27-28-29-30-32-34-36-38-40-42-44-46-48-56(60)65-53(51-63-50-49-54(57(61)62)58(3,4)5)52-64-55(59)47-45-43-41-39-37-35-33-31-25-23-21-19-17-15-13-11-9-7-2/h8,10,14,16,20,22-23,25-27,31,33,53-54H,6-7,9,11-13,15,17-19,21,24,28-30,32,34-52H2,1-5H3/p+1/b10-8+,16-14+,22-20+,25-23+,27-26+,33-31+. The molecule has 0 heterocycles. The van der Waals surface area contributed by atoms with Gasteiger partial charge in [-0.3, -0.25) is 9.59 Å². The quantitative estimate of drug-likeness (QED) is 0.0213. The lowest BCUT2D eigenvalue weighted by molar-refractivity contribution is -0.887. The minimum Gasteiger partial charge on any atom is -0.477 e. The van der Waals surface area contributed by atoms with Crippen LogP contribution in [0.5, 0.6) is 0 Å². The monoisotopic (exact) mass is 911 g/mol. The molecule has 8 nitrogen and oxygen atoms in total. The van der Waals surface area contributed by atoms with E-state index in [1.54, 1.807) is 0 Å². The third-order valence-electron chi connectivity index (χ3n) is 11.6. The van der Waals surface area contributed by atoms with Crippen LogP contribution in [0.15, 0.2) is 72.9 Å². The number of carbonyl (C=O) groups is 3. The van der Waals surface area contributed by atoms with E-state index in [4.69, 9.17) is 14.2 Å². The molecule has 374 valence electrons. The van der Waals surface area contributed by atoms with Gasteiger partial charge >= 0.3 is 17.9 Å². The largest absolute Gasteiger partial charge is 0.477 e. The number of hydrogen-bond acceptors (Lipinski definition) is 6. The molecular formula is C57H100NO7+. The van der Waals surface area contributed by atoms with Crippen LogP contribution in [0.4, 0.5) is 0 Å². The molecule has 0 bridgehead atoms. The highest BCUT2D eigenvalue weighted by Gasteiger charge is 2.31. The minimum atomic E-state index is -0.879. The van der Waals surface area contributed by atoms with Gasteiger partial charge in [0.15, 0.2) is 12.1 Å². The summed E-state index contributed by atoms with van der Waals surface area (Å²) in [6.07, 6.45) is 60.9. The van der Waals surface area contributed by atoms with Crippen LogP contribution in [0.25, 0.3) is 0 Å². The van der Waals surface area contributed by atoms with E-state index >= 15 is 0 Å². The van der Waals surface area contributed by atoms with Gasteiger partial charge in [-0.15, -0.1) is 0 Å². The van der Waals surface area contributed by atoms with Gasteiger partial charge in [0, 0.05) is 19.3 Å². The zero-order chi connectivity index (χ0) is 47.7. The Morgan fingerprint density at radius 3 is 1.37 bits per heavy atom. The summed E-state index contributed by atoms with van der Waals surface area (Å²) < 4.78 is 17.4. The number of quaternary nitrogens is 1. The third kappa shape index (κ3) is 45.7. The number of esters is 2. The normalized spacial score (nSPS) is 13.4. The smallest absolute Gasteiger partial charge is 0.362 e. The summed E-state index contributed by atoms with van der Waals surface area (Å²) in [7, 11) is 5.53. The van der Waals surface area contributed by atoms with Crippen molar-refractivity contribution in [1.29, 1.82) is 0 Å². The predicted molar refractivity (Wildman–Crippen MR) is 275 cm³/mol. The number of carboxylic acid groups (broad SMARTS) is 1. The minimum absolute atomic E-state index is 0.0520. The van der Waals surface area contributed by atoms with E-state index in [9.17, 15) is 19.5 Å². The van der Waals surface area contributed by atoms with Gasteiger partial charge in [0.05, 0.1) is 34.4 Å². The molecule has 0 aliphatic heterocycles. The van der Waals surface area contributed by atoms with E-state index in [1.165, 1.54) is 103 Å². The van der Waals surface area contributed by atoms with Crippen LogP contribution >= 0.6 is 0 Å². The van der Waals surface area contributed by atoms with Crippen molar-refractivity contribution in [1.82, 2.24) is 0 Å². The molecule has 0 saturated carbocycles. The van der Waals surface area contributed by atoms with Gasteiger partial charge in [0.1, 0.15) is 6.61 Å². The molecule has 2 atom stereocenters. The summed E-state index contributed by atoms with van der Waals surface area (Å²) in [5.74, 6) is -1.49. The number of carboxylic acids is 1. The molecule has 65 heavy (non-hydrogen) atoms. The van der Waals surface area contributed by atoms with Crippen molar-refractivity contribution in [3.05, 3.63) is 72.9 Å². The molecule has 0 aromatic carbocycles. The lowest BCUT2D eigenvalue weighted by atomic mass is 10.0. The number of likely N-dealkylation sites (N-methyl/N-ethyl adjacent to an activating group) is 1. The first-order valence-corrected chi connectivity index (χ1v) is 26.5. The molecule has 0 aromatic rings. The Kier molecular flexibility index (Phi) is 44.9. The predicted octanol–water partition coefficient (Wildman–Crippen LogP) is 15.5. The first kappa shape index (κ1) is 61.8. The number of aliphatic carboxylic acids is 1. The second-order valence-electron chi connectivity index (χ2n) is 18.8. The summed E-state index contributed by atoms with van der Waals surface area (Å²) in [6, 6.07) is -0.621. The van der Waals surface area contributed by atoms with Gasteiger partial charge in [-0.1, -0.05) is 196 Å². The first-order valence-electron chi connectivity index (χ1n) is 26.5. The lowest BCUT2D eigenvalue weighted by Gasteiger charge is -2.31. The van der Waals surface area contributed by atoms with E-state index in [1.807, 2.05) is 21.1 Å². The van der Waals surface area contributed by atoms with Gasteiger partial charge in [-0.25, -0.2) is 4.79 Å². The van der Waals surface area contributed by atoms with E-state index in [0.29, 0.717) is 19.3 Å². The van der Waals surface area contributed by atoms with Crippen LogP contribution in [0.1, 0.15) is 219 Å². The number of carbonyl (C=O) groups excluding carboxylic acids is 2. The van der Waals surface area contributed by atoms with Crippen LogP contribution in [0.3, 0.4) is 0 Å². The van der Waals surface area contributed by atoms with Crippen LogP contribution in [-0.4, -0.2) is 80.6 Å². The Morgan fingerprint density at radius 2 is 0.908 bits per heavy atom. The average molecular weight is 911 g/mol. The van der Waals surface area contributed by atoms with Crippen molar-refractivity contribution in [3.63, 3.8) is 0 Å². The van der Waals surface area contributed by atoms with Crippen molar-refractivity contribution in [2.75, 3.05) is 41.0 Å². The molecule has 0 spiro atoms. The molecule has 0 radical (unpaired) electrons.